The summed E-state index contributed by atoms with van der Waals surface area (Å²) in [5, 5.41) is 0. The van der Waals surface area contributed by atoms with E-state index in [0.29, 0.717) is 0 Å². The molecule has 14 heteroatoms. The van der Waals surface area contributed by atoms with E-state index in [9.17, 15) is 14.2 Å². The first-order valence-electron chi connectivity index (χ1n) is 10.4. The summed E-state index contributed by atoms with van der Waals surface area (Å²) >= 11 is 0. The number of hydrogen-bond acceptors (Lipinski definition) is 12. The molecule has 0 aliphatic rings. The fourth-order valence-electron chi connectivity index (χ4n) is 2.89. The largest absolute Gasteiger partial charge is 0.519 e. The first-order valence-corrected chi connectivity index (χ1v) is 12.1. The topological polar surface area (TPSA) is 175 Å². The molecule has 188 valence electrons. The van der Waals surface area contributed by atoms with E-state index in [4.69, 9.17) is 28.4 Å². The zero-order valence-electron chi connectivity index (χ0n) is 19.3. The number of nitrogens with two attached hydrogens (primary N) is 1. The lowest BCUT2D eigenvalue weighted by Gasteiger charge is -2.21. The lowest BCUT2D eigenvalue weighted by Crippen LogP contribution is -2.26. The van der Waals surface area contributed by atoms with Crippen LogP contribution in [-0.4, -0.2) is 43.2 Å². The number of nitrogens with zero attached hydrogens (tertiary/aromatic N) is 3. The van der Waals surface area contributed by atoms with Crippen LogP contribution in [0.3, 0.4) is 0 Å². The Kier molecular flexibility index (Phi) is 8.77. The highest BCUT2D eigenvalue weighted by atomic mass is 31.2. The van der Waals surface area contributed by atoms with Crippen LogP contribution in [0, 0.1) is 6.92 Å². The SMILES string of the molecule is C=Nc1c(N(C)CCOCP(=O)(OCc2ccccc2)OCc2oc(=O)oc2C)nc(N)[nH]c1=O. The lowest BCUT2D eigenvalue weighted by atomic mass is 10.2. The number of ether oxygens (including phenoxy) is 1. The van der Waals surface area contributed by atoms with Crippen molar-refractivity contribution in [3.05, 3.63) is 68.4 Å². The predicted octanol–water partition coefficient (Wildman–Crippen LogP) is 2.58. The van der Waals surface area contributed by atoms with E-state index in [1.54, 1.807) is 11.9 Å². The minimum Gasteiger partial charge on any atom is -0.396 e. The Bertz CT molecular complexity index is 1300. The molecule has 0 saturated carbocycles. The van der Waals surface area contributed by atoms with Gasteiger partial charge in [-0.2, -0.15) is 4.98 Å². The van der Waals surface area contributed by atoms with E-state index in [0.717, 1.165) is 5.56 Å². The highest BCUT2D eigenvalue weighted by Gasteiger charge is 2.27. The predicted molar refractivity (Wildman–Crippen MR) is 128 cm³/mol. The molecule has 13 nitrogen and oxygen atoms in total. The van der Waals surface area contributed by atoms with Crippen molar-refractivity contribution >= 4 is 31.8 Å². The third-order valence-electron chi connectivity index (χ3n) is 4.73. The maximum absolute atomic E-state index is 13.4. The molecule has 35 heavy (non-hydrogen) atoms. The molecule has 1 aromatic carbocycles. The summed E-state index contributed by atoms with van der Waals surface area (Å²) < 4.78 is 39.7. The van der Waals surface area contributed by atoms with Crippen molar-refractivity contribution in [3.8, 4) is 0 Å². The van der Waals surface area contributed by atoms with Gasteiger partial charge in [0.15, 0.2) is 17.3 Å². The van der Waals surface area contributed by atoms with Crippen LogP contribution < -0.4 is 22.0 Å². The van der Waals surface area contributed by atoms with E-state index in [1.807, 2.05) is 30.3 Å². The van der Waals surface area contributed by atoms with Crippen LogP contribution in [0.5, 0.6) is 0 Å². The van der Waals surface area contributed by atoms with Crippen LogP contribution in [0.4, 0.5) is 17.5 Å². The van der Waals surface area contributed by atoms with Gasteiger partial charge in [-0.3, -0.25) is 23.9 Å². The summed E-state index contributed by atoms with van der Waals surface area (Å²) in [6.45, 7) is 4.92. The molecule has 3 N–H and O–H groups in total. The standard InChI is InChI=1S/C21H26N5O8P/c1-14-16(34-21(28)33-14)12-32-35(29,31-11-15-7-5-4-6-8-15)13-30-10-9-26(3)18-17(23-2)19(27)25-20(22)24-18/h4-8H,2,9-13H2,1,3H3,(H3,22,24,25,27). The molecule has 2 aromatic heterocycles. The molecule has 0 amide bonds. The van der Waals surface area contributed by atoms with Crippen molar-refractivity contribution in [2.45, 2.75) is 20.1 Å². The summed E-state index contributed by atoms with van der Waals surface area (Å²) in [5.74, 6) is -0.430. The summed E-state index contributed by atoms with van der Waals surface area (Å²) in [6, 6.07) is 9.11. The first-order chi connectivity index (χ1) is 16.7. The van der Waals surface area contributed by atoms with E-state index < -0.39 is 19.0 Å². The van der Waals surface area contributed by atoms with Gasteiger partial charge in [-0.25, -0.2) is 4.79 Å². The number of benzene rings is 1. The number of aromatic amines is 1. The van der Waals surface area contributed by atoms with Gasteiger partial charge in [0.05, 0.1) is 13.2 Å². The third kappa shape index (κ3) is 7.23. The Morgan fingerprint density at radius 1 is 1.20 bits per heavy atom. The van der Waals surface area contributed by atoms with Gasteiger partial charge in [-0.1, -0.05) is 30.3 Å². The number of hydrogen-bond donors (Lipinski definition) is 2. The summed E-state index contributed by atoms with van der Waals surface area (Å²) in [6.07, 6.45) is -0.383. The van der Waals surface area contributed by atoms with Crippen LogP contribution in [0.2, 0.25) is 0 Å². The Labute approximate surface area is 200 Å². The number of H-pyrrole nitrogens is 1. The monoisotopic (exact) mass is 507 g/mol. The molecule has 0 saturated heterocycles. The number of likely N-dealkylation sites (N-methyl/N-ethyl adjacent to an activating group) is 1. The molecule has 0 spiro atoms. The van der Waals surface area contributed by atoms with Crippen molar-refractivity contribution < 1.29 is 27.2 Å². The normalized spacial score (nSPS) is 12.9. The summed E-state index contributed by atoms with van der Waals surface area (Å²) in [7, 11) is -2.13. The molecule has 0 radical (unpaired) electrons. The number of aryl methyl sites for hydroxylation is 1. The quantitative estimate of drug-likeness (QED) is 0.197. The van der Waals surface area contributed by atoms with Crippen molar-refractivity contribution in [2.24, 2.45) is 4.99 Å². The highest BCUT2D eigenvalue weighted by Crippen LogP contribution is 2.49. The maximum atomic E-state index is 13.4. The van der Waals surface area contributed by atoms with E-state index >= 15 is 0 Å². The van der Waals surface area contributed by atoms with Crippen molar-refractivity contribution in [1.29, 1.82) is 0 Å². The van der Waals surface area contributed by atoms with Crippen molar-refractivity contribution in [1.82, 2.24) is 9.97 Å². The number of nitrogens with one attached hydrogen (secondary N) is 1. The molecule has 3 rings (SSSR count). The molecular weight excluding hydrogens is 481 g/mol. The van der Waals surface area contributed by atoms with Gasteiger partial charge >= 0.3 is 13.4 Å². The maximum Gasteiger partial charge on any atom is 0.519 e. The minimum atomic E-state index is -3.79. The summed E-state index contributed by atoms with van der Waals surface area (Å²) in [5.41, 5.74) is 5.89. The molecule has 1 atom stereocenters. The fourth-order valence-corrected chi connectivity index (χ4v) is 4.12. The second-order valence-corrected chi connectivity index (χ2v) is 9.31. The van der Waals surface area contributed by atoms with Gasteiger partial charge in [0, 0.05) is 13.6 Å². The number of rotatable bonds is 13. The van der Waals surface area contributed by atoms with Gasteiger partial charge in [-0.05, 0) is 19.2 Å². The summed E-state index contributed by atoms with van der Waals surface area (Å²) in [4.78, 5) is 35.0. The lowest BCUT2D eigenvalue weighted by molar-refractivity contribution is 0.121. The number of aromatic nitrogens is 2. The highest BCUT2D eigenvalue weighted by molar-refractivity contribution is 7.53. The van der Waals surface area contributed by atoms with E-state index in [1.165, 1.54) is 6.92 Å². The Morgan fingerprint density at radius 2 is 1.91 bits per heavy atom. The minimum absolute atomic E-state index is 0.0128. The van der Waals surface area contributed by atoms with Gasteiger partial charge in [0.2, 0.25) is 5.95 Å². The number of nitrogen functional groups attached to an aromatic ring is 1. The Balaban J connectivity index is 1.63. The average molecular weight is 507 g/mol. The van der Waals surface area contributed by atoms with Gasteiger partial charge in [-0.15, -0.1) is 0 Å². The van der Waals surface area contributed by atoms with Crippen molar-refractivity contribution in [3.63, 3.8) is 0 Å². The molecule has 1 unspecified atom stereocenters. The van der Waals surface area contributed by atoms with Gasteiger partial charge in [0.25, 0.3) is 5.56 Å². The number of aliphatic imine (C=N–C) groups is 1. The van der Waals surface area contributed by atoms with Gasteiger partial charge in [0.1, 0.15) is 18.7 Å². The fraction of sp³-hybridized carbons (Fsp3) is 0.333. The Hall–Kier alpha value is -3.51. The smallest absolute Gasteiger partial charge is 0.396 e. The second kappa shape index (κ2) is 11.8. The van der Waals surface area contributed by atoms with Crippen LogP contribution in [0.1, 0.15) is 17.1 Å². The average Bonchev–Trinajstić information content (AvgIpc) is 3.16. The molecule has 2 heterocycles. The third-order valence-corrected chi connectivity index (χ3v) is 6.28. The second-order valence-electron chi connectivity index (χ2n) is 7.32. The van der Waals surface area contributed by atoms with Gasteiger partial charge < -0.3 is 28.7 Å². The van der Waals surface area contributed by atoms with Crippen LogP contribution in [0.15, 0.2) is 53.7 Å². The molecule has 0 fully saturated rings. The van der Waals surface area contributed by atoms with Crippen LogP contribution in [0.25, 0.3) is 0 Å². The zero-order valence-corrected chi connectivity index (χ0v) is 20.2. The zero-order chi connectivity index (χ0) is 25.4. The van der Waals surface area contributed by atoms with Crippen LogP contribution >= 0.6 is 7.60 Å². The molecular formula is C21H26N5O8P. The van der Waals surface area contributed by atoms with E-state index in [2.05, 4.69) is 21.7 Å². The van der Waals surface area contributed by atoms with Crippen molar-refractivity contribution in [2.75, 3.05) is 37.2 Å². The first kappa shape index (κ1) is 26.1. The van der Waals surface area contributed by atoms with E-state index in [-0.39, 0.29) is 61.7 Å². The molecule has 0 bridgehead atoms. The van der Waals surface area contributed by atoms with Crippen LogP contribution in [-0.2, 0) is 31.6 Å². The molecule has 0 aliphatic heterocycles. The molecule has 0 aliphatic carbocycles. The molecule has 3 aromatic rings. The number of anilines is 2. The Morgan fingerprint density at radius 3 is 2.57 bits per heavy atom.